The van der Waals surface area contributed by atoms with Gasteiger partial charge in [0.25, 0.3) is 0 Å². The van der Waals surface area contributed by atoms with Gasteiger partial charge in [-0.15, -0.1) is 0 Å². The largest absolute Gasteiger partial charge is 0.332 e. The summed E-state index contributed by atoms with van der Waals surface area (Å²) in [5.74, 6) is 1.62. The van der Waals surface area contributed by atoms with Crippen molar-refractivity contribution in [2.24, 2.45) is 5.92 Å². The van der Waals surface area contributed by atoms with E-state index in [2.05, 4.69) is 17.6 Å². The third kappa shape index (κ3) is 3.65. The van der Waals surface area contributed by atoms with E-state index in [1.165, 1.54) is 0 Å². The van der Waals surface area contributed by atoms with E-state index in [1.54, 1.807) is 0 Å². The maximum Gasteiger partial charge on any atom is 0.315 e. The zero-order chi connectivity index (χ0) is 13.8. The van der Waals surface area contributed by atoms with Crippen LogP contribution in [0.2, 0.25) is 0 Å². The summed E-state index contributed by atoms with van der Waals surface area (Å²) in [4.78, 5) is 23.0. The van der Waals surface area contributed by atoms with Crippen molar-refractivity contribution in [3.63, 3.8) is 0 Å². The molecule has 1 unspecified atom stereocenters. The highest BCUT2D eigenvalue weighted by molar-refractivity contribution is 8.00. The molecule has 2 fully saturated rings. The second kappa shape index (κ2) is 6.64. The molecule has 0 spiro atoms. The minimum absolute atomic E-state index is 0.0211. The van der Waals surface area contributed by atoms with Crippen molar-refractivity contribution in [2.45, 2.75) is 63.3 Å². The number of ketones is 1. The van der Waals surface area contributed by atoms with E-state index in [9.17, 15) is 9.59 Å². The van der Waals surface area contributed by atoms with Crippen molar-refractivity contribution in [1.82, 2.24) is 10.6 Å². The fourth-order valence-corrected chi connectivity index (χ4v) is 4.31. The summed E-state index contributed by atoms with van der Waals surface area (Å²) < 4.78 is 0. The van der Waals surface area contributed by atoms with Crippen LogP contribution in [0.4, 0.5) is 4.79 Å². The average molecular weight is 284 g/mol. The molecule has 4 atom stereocenters. The van der Waals surface area contributed by atoms with Gasteiger partial charge in [-0.05, 0) is 19.3 Å². The number of amides is 2. The van der Waals surface area contributed by atoms with Crippen LogP contribution in [0.1, 0.15) is 46.0 Å². The molecule has 0 saturated carbocycles. The number of hydrogen-bond acceptors (Lipinski definition) is 3. The molecule has 0 radical (unpaired) electrons. The number of nitrogens with one attached hydrogen (secondary N) is 2. The molecule has 0 aromatic rings. The van der Waals surface area contributed by atoms with Crippen LogP contribution in [0.15, 0.2) is 0 Å². The second-order valence-electron chi connectivity index (χ2n) is 5.64. The number of rotatable bonds is 7. The monoisotopic (exact) mass is 284 g/mol. The van der Waals surface area contributed by atoms with Crippen LogP contribution < -0.4 is 10.6 Å². The van der Waals surface area contributed by atoms with E-state index in [1.807, 2.05) is 18.7 Å². The maximum absolute atomic E-state index is 11.7. The molecule has 2 aliphatic rings. The molecular formula is C14H24N2O2S. The molecule has 0 aromatic carbocycles. The summed E-state index contributed by atoms with van der Waals surface area (Å²) in [6.45, 7) is 4.08. The summed E-state index contributed by atoms with van der Waals surface area (Å²) in [5.41, 5.74) is 0. The van der Waals surface area contributed by atoms with Crippen molar-refractivity contribution >= 4 is 23.6 Å². The quantitative estimate of drug-likeness (QED) is 0.557. The van der Waals surface area contributed by atoms with Gasteiger partial charge in [-0.3, -0.25) is 4.79 Å². The molecule has 2 aliphatic heterocycles. The van der Waals surface area contributed by atoms with E-state index in [0.717, 1.165) is 31.4 Å². The zero-order valence-electron chi connectivity index (χ0n) is 11.8. The SMILES string of the molecule is CCC(C)C(=O)CCCC[C@@H]1SC[C@@H]2NC(=O)N[C@@H]21. The molecule has 0 bridgehead atoms. The first-order chi connectivity index (χ1) is 9.11. The molecule has 2 rings (SSSR count). The molecule has 0 aliphatic carbocycles. The lowest BCUT2D eigenvalue weighted by Gasteiger charge is -2.16. The van der Waals surface area contributed by atoms with E-state index in [0.29, 0.717) is 29.5 Å². The Labute approximate surface area is 119 Å². The third-order valence-corrected chi connectivity index (χ3v) is 5.77. The first-order valence-electron chi connectivity index (χ1n) is 7.33. The van der Waals surface area contributed by atoms with Gasteiger partial charge in [0, 0.05) is 23.3 Å². The lowest BCUT2D eigenvalue weighted by atomic mass is 9.97. The Morgan fingerprint density at radius 1 is 1.42 bits per heavy atom. The summed E-state index contributed by atoms with van der Waals surface area (Å²) in [7, 11) is 0. The Morgan fingerprint density at radius 2 is 2.21 bits per heavy atom. The van der Waals surface area contributed by atoms with E-state index < -0.39 is 0 Å². The van der Waals surface area contributed by atoms with Crippen molar-refractivity contribution < 1.29 is 9.59 Å². The molecule has 108 valence electrons. The molecule has 2 amide bonds. The highest BCUT2D eigenvalue weighted by Gasteiger charge is 2.42. The van der Waals surface area contributed by atoms with Crippen LogP contribution in [-0.4, -0.2) is 34.9 Å². The molecule has 2 heterocycles. The minimum atomic E-state index is -0.0211. The van der Waals surface area contributed by atoms with E-state index in [-0.39, 0.29) is 11.9 Å². The number of carbonyl (C=O) groups excluding carboxylic acids is 2. The third-order valence-electron chi connectivity index (χ3n) is 4.26. The summed E-state index contributed by atoms with van der Waals surface area (Å²) in [6.07, 6.45) is 4.82. The first kappa shape index (κ1) is 14.7. The maximum atomic E-state index is 11.7. The number of unbranched alkanes of at least 4 members (excludes halogenated alkanes) is 1. The number of thioether (sulfide) groups is 1. The number of fused-ring (bicyclic) bond motifs is 1. The van der Waals surface area contributed by atoms with Gasteiger partial charge in [-0.25, -0.2) is 4.79 Å². The Balaban J connectivity index is 1.64. The van der Waals surface area contributed by atoms with Gasteiger partial charge >= 0.3 is 6.03 Å². The van der Waals surface area contributed by atoms with Gasteiger partial charge in [0.05, 0.1) is 12.1 Å². The molecule has 2 N–H and O–H groups in total. The standard InChI is InChI=1S/C14H24N2O2S/c1-3-9(2)11(17)6-4-5-7-12-13-10(8-19-12)15-14(18)16-13/h9-10,12-13H,3-8H2,1-2H3,(H2,15,16,18)/t9?,10-,12-,13-/m0/s1. The van der Waals surface area contributed by atoms with Crippen LogP contribution in [0.3, 0.4) is 0 Å². The van der Waals surface area contributed by atoms with Gasteiger partial charge < -0.3 is 10.6 Å². The Morgan fingerprint density at radius 3 is 2.95 bits per heavy atom. The van der Waals surface area contributed by atoms with Crippen LogP contribution in [0, 0.1) is 5.92 Å². The highest BCUT2D eigenvalue weighted by Crippen LogP contribution is 2.33. The Bertz CT molecular complexity index is 348. The number of carbonyl (C=O) groups is 2. The molecule has 0 aromatic heterocycles. The van der Waals surface area contributed by atoms with Crippen molar-refractivity contribution in [3.8, 4) is 0 Å². The molecule has 19 heavy (non-hydrogen) atoms. The van der Waals surface area contributed by atoms with Crippen molar-refractivity contribution in [3.05, 3.63) is 0 Å². The van der Waals surface area contributed by atoms with Crippen LogP contribution >= 0.6 is 11.8 Å². The highest BCUT2D eigenvalue weighted by atomic mass is 32.2. The van der Waals surface area contributed by atoms with Crippen molar-refractivity contribution in [2.75, 3.05) is 5.75 Å². The normalized spacial score (nSPS) is 30.6. The van der Waals surface area contributed by atoms with Gasteiger partial charge in [0.2, 0.25) is 0 Å². The summed E-state index contributed by atoms with van der Waals surface area (Å²) in [5, 5.41) is 6.47. The van der Waals surface area contributed by atoms with E-state index in [4.69, 9.17) is 0 Å². The minimum Gasteiger partial charge on any atom is -0.332 e. The van der Waals surface area contributed by atoms with Crippen molar-refractivity contribution in [1.29, 1.82) is 0 Å². The van der Waals surface area contributed by atoms with Gasteiger partial charge in [0.15, 0.2) is 0 Å². The molecule has 4 nitrogen and oxygen atoms in total. The number of hydrogen-bond donors (Lipinski definition) is 2. The summed E-state index contributed by atoms with van der Waals surface area (Å²) >= 11 is 1.94. The average Bonchev–Trinajstić information content (AvgIpc) is 2.93. The smallest absolute Gasteiger partial charge is 0.315 e. The number of Topliss-reactive ketones (excluding diaryl/α,β-unsaturated/α-hetero) is 1. The molecule has 5 heteroatoms. The molecule has 2 saturated heterocycles. The fraction of sp³-hybridized carbons (Fsp3) is 0.857. The van der Waals surface area contributed by atoms with Gasteiger partial charge in [-0.1, -0.05) is 20.3 Å². The lowest BCUT2D eigenvalue weighted by Crippen LogP contribution is -2.36. The summed E-state index contributed by atoms with van der Waals surface area (Å²) in [6, 6.07) is 0.583. The fourth-order valence-electron chi connectivity index (χ4n) is 2.76. The van der Waals surface area contributed by atoms with Gasteiger partial charge in [-0.2, -0.15) is 11.8 Å². The lowest BCUT2D eigenvalue weighted by molar-refractivity contribution is -0.122. The molecular weight excluding hydrogens is 260 g/mol. The topological polar surface area (TPSA) is 58.2 Å². The van der Waals surface area contributed by atoms with Gasteiger partial charge in [0.1, 0.15) is 5.78 Å². The van der Waals surface area contributed by atoms with E-state index >= 15 is 0 Å². The van der Waals surface area contributed by atoms with Crippen LogP contribution in [0.25, 0.3) is 0 Å². The Kier molecular flexibility index (Phi) is 5.13. The predicted octanol–water partition coefficient (Wildman–Crippen LogP) is 2.33. The number of urea groups is 1. The van der Waals surface area contributed by atoms with Crippen LogP contribution in [0.5, 0.6) is 0 Å². The second-order valence-corrected chi connectivity index (χ2v) is 6.92. The zero-order valence-corrected chi connectivity index (χ0v) is 12.6. The predicted molar refractivity (Wildman–Crippen MR) is 78.4 cm³/mol. The van der Waals surface area contributed by atoms with Crippen LogP contribution in [-0.2, 0) is 4.79 Å². The Hall–Kier alpha value is -0.710. The first-order valence-corrected chi connectivity index (χ1v) is 8.38.